The Labute approximate surface area is 121 Å². The number of rotatable bonds is 7. The molecule has 0 atom stereocenters. The lowest BCUT2D eigenvalue weighted by Gasteiger charge is -2.06. The van der Waals surface area contributed by atoms with Crippen LogP contribution in [0.3, 0.4) is 0 Å². The monoisotopic (exact) mass is 296 g/mol. The second-order valence-electron chi connectivity index (χ2n) is 3.55. The van der Waals surface area contributed by atoms with E-state index in [1.54, 1.807) is 13.0 Å². The summed E-state index contributed by atoms with van der Waals surface area (Å²) in [6.07, 6.45) is 2.88. The first-order valence-electron chi connectivity index (χ1n) is 5.88. The Kier molecular flexibility index (Phi) is 6.51. The molecule has 0 aliphatic heterocycles. The number of carbonyl (C=O) groups is 2. The van der Waals surface area contributed by atoms with E-state index in [0.717, 1.165) is 11.8 Å². The van der Waals surface area contributed by atoms with Gasteiger partial charge in [0.2, 0.25) is 5.91 Å². The Balaban J connectivity index is 2.61. The summed E-state index contributed by atoms with van der Waals surface area (Å²) < 4.78 is 4.81. The number of amides is 1. The highest BCUT2D eigenvalue weighted by atomic mass is 32.2. The first-order chi connectivity index (χ1) is 9.58. The van der Waals surface area contributed by atoms with Crippen molar-refractivity contribution in [2.24, 2.45) is 0 Å². The van der Waals surface area contributed by atoms with E-state index < -0.39 is 5.97 Å². The van der Waals surface area contributed by atoms with Crippen LogP contribution in [0.15, 0.2) is 24.0 Å². The van der Waals surface area contributed by atoms with Crippen LogP contribution in [0, 0.1) is 0 Å². The number of aromatic nitrogens is 2. The van der Waals surface area contributed by atoms with Gasteiger partial charge in [-0.15, -0.1) is 6.58 Å². The zero-order valence-corrected chi connectivity index (χ0v) is 11.9. The van der Waals surface area contributed by atoms with Gasteiger partial charge in [-0.3, -0.25) is 4.79 Å². The lowest BCUT2D eigenvalue weighted by molar-refractivity contribution is -0.118. The van der Waals surface area contributed by atoms with Crippen LogP contribution in [-0.2, 0) is 9.53 Å². The van der Waals surface area contributed by atoms with Crippen molar-refractivity contribution in [1.29, 1.82) is 0 Å². The van der Waals surface area contributed by atoms with E-state index in [2.05, 4.69) is 21.9 Å². The molecule has 7 nitrogen and oxygen atoms in total. The van der Waals surface area contributed by atoms with E-state index in [9.17, 15) is 9.59 Å². The Morgan fingerprint density at radius 1 is 1.60 bits per heavy atom. The number of nitrogens with two attached hydrogens (primary N) is 1. The molecule has 3 N–H and O–H groups in total. The van der Waals surface area contributed by atoms with Gasteiger partial charge in [-0.25, -0.2) is 14.8 Å². The van der Waals surface area contributed by atoms with Crippen LogP contribution >= 0.6 is 11.8 Å². The molecule has 0 fully saturated rings. The van der Waals surface area contributed by atoms with Crippen LogP contribution in [0.5, 0.6) is 0 Å². The lowest BCUT2D eigenvalue weighted by atomic mass is 10.3. The largest absolute Gasteiger partial charge is 0.462 e. The van der Waals surface area contributed by atoms with Gasteiger partial charge in [-0.1, -0.05) is 17.8 Å². The SMILES string of the molecule is C=CCNC(=O)CSc1ncc(C(=O)OCC)c(N)n1. The van der Waals surface area contributed by atoms with Gasteiger partial charge in [0.25, 0.3) is 0 Å². The Morgan fingerprint density at radius 3 is 2.95 bits per heavy atom. The molecule has 0 saturated heterocycles. The standard InChI is InChI=1S/C12H16N4O3S/c1-3-5-14-9(17)7-20-12-15-6-8(10(13)16-12)11(18)19-4-2/h3,6H,1,4-5,7H2,2H3,(H,14,17)(H2,13,15,16). The number of nitrogens with zero attached hydrogens (tertiary/aromatic N) is 2. The molecule has 0 unspecified atom stereocenters. The maximum atomic E-state index is 11.5. The molecule has 0 spiro atoms. The minimum Gasteiger partial charge on any atom is -0.462 e. The van der Waals surface area contributed by atoms with Gasteiger partial charge in [0, 0.05) is 12.7 Å². The highest BCUT2D eigenvalue weighted by Crippen LogP contribution is 2.16. The number of nitrogens with one attached hydrogen (secondary N) is 1. The van der Waals surface area contributed by atoms with E-state index >= 15 is 0 Å². The molecule has 1 rings (SSSR count). The van der Waals surface area contributed by atoms with Gasteiger partial charge in [-0.2, -0.15) is 0 Å². The molecular formula is C12H16N4O3S. The van der Waals surface area contributed by atoms with Crippen molar-refractivity contribution >= 4 is 29.5 Å². The number of thioether (sulfide) groups is 1. The molecule has 0 saturated carbocycles. The summed E-state index contributed by atoms with van der Waals surface area (Å²) in [5, 5.41) is 2.95. The van der Waals surface area contributed by atoms with Crippen molar-refractivity contribution in [3.63, 3.8) is 0 Å². The summed E-state index contributed by atoms with van der Waals surface area (Å²) in [4.78, 5) is 30.8. The van der Waals surface area contributed by atoms with Crippen LogP contribution in [-0.4, -0.2) is 40.7 Å². The fourth-order valence-electron chi connectivity index (χ4n) is 1.18. The van der Waals surface area contributed by atoms with Gasteiger partial charge >= 0.3 is 5.97 Å². The zero-order chi connectivity index (χ0) is 15.0. The minimum atomic E-state index is -0.565. The third kappa shape index (κ3) is 4.88. The average Bonchev–Trinajstić information content (AvgIpc) is 2.43. The van der Waals surface area contributed by atoms with Gasteiger partial charge in [0.05, 0.1) is 12.4 Å². The van der Waals surface area contributed by atoms with Gasteiger partial charge in [0.15, 0.2) is 5.16 Å². The summed E-state index contributed by atoms with van der Waals surface area (Å²) in [6, 6.07) is 0. The first-order valence-corrected chi connectivity index (χ1v) is 6.87. The molecule has 0 radical (unpaired) electrons. The smallest absolute Gasteiger partial charge is 0.343 e. The van der Waals surface area contributed by atoms with Crippen molar-refractivity contribution in [3.8, 4) is 0 Å². The molecule has 1 aromatic rings. The van der Waals surface area contributed by atoms with Crippen LogP contribution < -0.4 is 11.1 Å². The molecule has 0 aliphatic carbocycles. The fraction of sp³-hybridized carbons (Fsp3) is 0.333. The highest BCUT2D eigenvalue weighted by molar-refractivity contribution is 7.99. The van der Waals surface area contributed by atoms with Crippen LogP contribution in [0.4, 0.5) is 5.82 Å². The number of esters is 1. The van der Waals surface area contributed by atoms with Crippen molar-refractivity contribution in [1.82, 2.24) is 15.3 Å². The molecule has 1 aromatic heterocycles. The Morgan fingerprint density at radius 2 is 2.35 bits per heavy atom. The van der Waals surface area contributed by atoms with Gasteiger partial charge < -0.3 is 15.8 Å². The van der Waals surface area contributed by atoms with Gasteiger partial charge in [0.1, 0.15) is 11.4 Å². The summed E-state index contributed by atoms with van der Waals surface area (Å²) >= 11 is 1.13. The topological polar surface area (TPSA) is 107 Å². The molecule has 108 valence electrons. The minimum absolute atomic E-state index is 0.0347. The second-order valence-corrected chi connectivity index (χ2v) is 4.50. The van der Waals surface area contributed by atoms with E-state index in [0.29, 0.717) is 11.7 Å². The number of hydrogen-bond donors (Lipinski definition) is 2. The summed E-state index contributed by atoms with van der Waals surface area (Å²) in [6.45, 7) is 5.85. The van der Waals surface area contributed by atoms with E-state index in [4.69, 9.17) is 10.5 Å². The Bertz CT molecular complexity index is 507. The molecular weight excluding hydrogens is 280 g/mol. The summed E-state index contributed by atoms with van der Waals surface area (Å²) in [5.74, 6) is -0.532. The molecule has 0 bridgehead atoms. The Hall–Kier alpha value is -2.09. The predicted octanol–water partition coefficient (Wildman–Crippen LogP) is 0.630. The van der Waals surface area contributed by atoms with Gasteiger partial charge in [-0.05, 0) is 6.92 Å². The maximum absolute atomic E-state index is 11.5. The van der Waals surface area contributed by atoms with E-state index in [-0.39, 0.29) is 29.6 Å². The number of anilines is 1. The number of ether oxygens (including phenoxy) is 1. The fourth-order valence-corrected chi connectivity index (χ4v) is 1.83. The molecule has 0 aliphatic rings. The number of hydrogen-bond acceptors (Lipinski definition) is 7. The first kappa shape index (κ1) is 16.0. The van der Waals surface area contributed by atoms with E-state index in [1.807, 2.05) is 0 Å². The van der Waals surface area contributed by atoms with Crippen LogP contribution in [0.25, 0.3) is 0 Å². The maximum Gasteiger partial charge on any atom is 0.343 e. The second kappa shape index (κ2) is 8.16. The normalized spacial score (nSPS) is 9.85. The third-order valence-corrected chi connectivity index (χ3v) is 2.93. The summed E-state index contributed by atoms with van der Waals surface area (Å²) in [5.41, 5.74) is 5.78. The van der Waals surface area contributed by atoms with Crippen molar-refractivity contribution in [2.75, 3.05) is 24.6 Å². The highest BCUT2D eigenvalue weighted by Gasteiger charge is 2.14. The van der Waals surface area contributed by atoms with Crippen molar-refractivity contribution in [3.05, 3.63) is 24.4 Å². The molecule has 1 amide bonds. The molecule has 8 heteroatoms. The van der Waals surface area contributed by atoms with Crippen LogP contribution in [0.2, 0.25) is 0 Å². The number of nitrogen functional groups attached to an aromatic ring is 1. The molecule has 0 aromatic carbocycles. The lowest BCUT2D eigenvalue weighted by Crippen LogP contribution is -2.25. The average molecular weight is 296 g/mol. The molecule has 20 heavy (non-hydrogen) atoms. The third-order valence-electron chi connectivity index (χ3n) is 2.07. The van der Waals surface area contributed by atoms with Crippen LogP contribution in [0.1, 0.15) is 17.3 Å². The summed E-state index contributed by atoms with van der Waals surface area (Å²) in [7, 11) is 0. The molecule has 1 heterocycles. The van der Waals surface area contributed by atoms with E-state index in [1.165, 1.54) is 6.20 Å². The predicted molar refractivity (Wildman–Crippen MR) is 76.3 cm³/mol. The van der Waals surface area contributed by atoms with Crippen molar-refractivity contribution < 1.29 is 14.3 Å². The quantitative estimate of drug-likeness (QED) is 0.329. The zero-order valence-electron chi connectivity index (χ0n) is 11.1. The van der Waals surface area contributed by atoms with Crippen molar-refractivity contribution in [2.45, 2.75) is 12.1 Å². The number of carbonyl (C=O) groups excluding carboxylic acids is 2.